The van der Waals surface area contributed by atoms with Crippen LogP contribution in [0.3, 0.4) is 0 Å². The average molecular weight is 219 g/mol. The Hall–Kier alpha value is -0.860. The van der Waals surface area contributed by atoms with Gasteiger partial charge in [0.05, 0.1) is 5.60 Å². The lowest BCUT2D eigenvalue weighted by Gasteiger charge is -2.22. The van der Waals surface area contributed by atoms with Crippen molar-refractivity contribution in [3.8, 4) is 0 Å². The summed E-state index contributed by atoms with van der Waals surface area (Å²) >= 11 is 0. The molecular weight excluding hydrogens is 198 g/mol. The first-order chi connectivity index (χ1) is 7.68. The summed E-state index contributed by atoms with van der Waals surface area (Å²) in [6.45, 7) is 1.86. The van der Waals surface area contributed by atoms with Gasteiger partial charge in [0.1, 0.15) is 0 Å². The Morgan fingerprint density at radius 2 is 2.06 bits per heavy atom. The van der Waals surface area contributed by atoms with Gasteiger partial charge < -0.3 is 10.0 Å². The highest BCUT2D eigenvalue weighted by Gasteiger charge is 2.33. The summed E-state index contributed by atoms with van der Waals surface area (Å²) in [6, 6.07) is 10.5. The number of likely N-dealkylation sites (tertiary alicyclic amines) is 1. The molecule has 1 aliphatic heterocycles. The van der Waals surface area contributed by atoms with Crippen molar-refractivity contribution in [2.24, 2.45) is 0 Å². The predicted molar refractivity (Wildman–Crippen MR) is 66.4 cm³/mol. The summed E-state index contributed by atoms with van der Waals surface area (Å²) in [7, 11) is 2.08. The van der Waals surface area contributed by atoms with Crippen LogP contribution in [0, 0.1) is 0 Å². The van der Waals surface area contributed by atoms with E-state index in [-0.39, 0.29) is 0 Å². The van der Waals surface area contributed by atoms with Crippen molar-refractivity contribution >= 4 is 0 Å². The van der Waals surface area contributed by atoms with E-state index in [2.05, 4.69) is 36.2 Å². The standard InChI is InChI=1S/C14H21NO/c1-15-11-10-14(16,12-15)9-5-8-13-6-3-2-4-7-13/h2-4,6-7,16H,5,8-12H2,1H3. The lowest BCUT2D eigenvalue weighted by Crippen LogP contribution is -2.31. The van der Waals surface area contributed by atoms with Gasteiger partial charge in [0.15, 0.2) is 0 Å². The molecule has 1 aromatic carbocycles. The van der Waals surface area contributed by atoms with E-state index in [1.54, 1.807) is 0 Å². The van der Waals surface area contributed by atoms with Crippen molar-refractivity contribution in [3.63, 3.8) is 0 Å². The lowest BCUT2D eigenvalue weighted by molar-refractivity contribution is 0.0412. The number of rotatable bonds is 4. The smallest absolute Gasteiger partial charge is 0.0786 e. The van der Waals surface area contributed by atoms with Crippen LogP contribution < -0.4 is 0 Å². The van der Waals surface area contributed by atoms with Crippen molar-refractivity contribution in [2.75, 3.05) is 20.1 Å². The first-order valence-corrected chi connectivity index (χ1v) is 6.13. The molecule has 2 nitrogen and oxygen atoms in total. The van der Waals surface area contributed by atoms with Crippen LogP contribution in [-0.2, 0) is 6.42 Å². The molecule has 16 heavy (non-hydrogen) atoms. The second kappa shape index (κ2) is 4.98. The second-order valence-electron chi connectivity index (χ2n) is 5.05. The average Bonchev–Trinajstić information content (AvgIpc) is 2.60. The fraction of sp³-hybridized carbons (Fsp3) is 0.571. The first-order valence-electron chi connectivity index (χ1n) is 6.13. The molecular formula is C14H21NO. The maximum absolute atomic E-state index is 10.3. The molecule has 0 bridgehead atoms. The Kier molecular flexibility index (Phi) is 3.62. The number of benzene rings is 1. The molecule has 1 atom stereocenters. The van der Waals surface area contributed by atoms with E-state index in [1.165, 1.54) is 5.56 Å². The van der Waals surface area contributed by atoms with Crippen LogP contribution in [0.5, 0.6) is 0 Å². The number of hydrogen-bond acceptors (Lipinski definition) is 2. The number of aliphatic hydroxyl groups is 1. The number of hydrogen-bond donors (Lipinski definition) is 1. The van der Waals surface area contributed by atoms with Gasteiger partial charge >= 0.3 is 0 Å². The Morgan fingerprint density at radius 3 is 2.69 bits per heavy atom. The molecule has 88 valence electrons. The zero-order valence-corrected chi connectivity index (χ0v) is 10.0. The lowest BCUT2D eigenvalue weighted by atomic mass is 9.94. The fourth-order valence-electron chi connectivity index (χ4n) is 2.53. The van der Waals surface area contributed by atoms with Crippen molar-refractivity contribution in [3.05, 3.63) is 35.9 Å². The highest BCUT2D eigenvalue weighted by molar-refractivity contribution is 5.14. The van der Waals surface area contributed by atoms with Crippen molar-refractivity contribution in [1.29, 1.82) is 0 Å². The fourth-order valence-corrected chi connectivity index (χ4v) is 2.53. The van der Waals surface area contributed by atoms with Crippen molar-refractivity contribution in [1.82, 2.24) is 4.90 Å². The van der Waals surface area contributed by atoms with Crippen LogP contribution in [0.4, 0.5) is 0 Å². The van der Waals surface area contributed by atoms with Gasteiger partial charge in [0.2, 0.25) is 0 Å². The van der Waals surface area contributed by atoms with Gasteiger partial charge in [0, 0.05) is 13.1 Å². The predicted octanol–water partition coefficient (Wildman–Crippen LogP) is 2.08. The van der Waals surface area contributed by atoms with E-state index < -0.39 is 5.60 Å². The molecule has 2 heteroatoms. The van der Waals surface area contributed by atoms with E-state index in [4.69, 9.17) is 0 Å². The van der Waals surface area contributed by atoms with E-state index in [0.29, 0.717) is 0 Å². The van der Waals surface area contributed by atoms with Crippen LogP contribution in [0.25, 0.3) is 0 Å². The van der Waals surface area contributed by atoms with Crippen LogP contribution in [0.15, 0.2) is 30.3 Å². The number of aryl methyl sites for hydroxylation is 1. The summed E-state index contributed by atoms with van der Waals surface area (Å²) < 4.78 is 0. The zero-order chi connectivity index (χ0) is 11.4. The van der Waals surface area contributed by atoms with E-state index >= 15 is 0 Å². The quantitative estimate of drug-likeness (QED) is 0.838. The van der Waals surface area contributed by atoms with Gasteiger partial charge in [-0.3, -0.25) is 0 Å². The molecule has 0 aliphatic carbocycles. The third-order valence-corrected chi connectivity index (χ3v) is 3.47. The Morgan fingerprint density at radius 1 is 1.31 bits per heavy atom. The van der Waals surface area contributed by atoms with Crippen LogP contribution in [-0.4, -0.2) is 35.7 Å². The molecule has 0 radical (unpaired) electrons. The summed E-state index contributed by atoms with van der Waals surface area (Å²) in [4.78, 5) is 2.21. The molecule has 1 heterocycles. The largest absolute Gasteiger partial charge is 0.389 e. The summed E-state index contributed by atoms with van der Waals surface area (Å²) in [6.07, 6.45) is 4.01. The molecule has 0 amide bonds. The Balaban J connectivity index is 1.76. The Labute approximate surface area is 97.9 Å². The van der Waals surface area contributed by atoms with Gasteiger partial charge in [-0.25, -0.2) is 0 Å². The van der Waals surface area contributed by atoms with E-state index in [1.807, 2.05) is 6.07 Å². The van der Waals surface area contributed by atoms with E-state index in [9.17, 15) is 5.11 Å². The zero-order valence-electron chi connectivity index (χ0n) is 10.0. The van der Waals surface area contributed by atoms with Crippen LogP contribution >= 0.6 is 0 Å². The SMILES string of the molecule is CN1CCC(O)(CCCc2ccccc2)C1. The number of nitrogens with zero attached hydrogens (tertiary/aromatic N) is 1. The minimum absolute atomic E-state index is 0.427. The minimum Gasteiger partial charge on any atom is -0.389 e. The Bertz CT molecular complexity index is 325. The van der Waals surface area contributed by atoms with Gasteiger partial charge in [-0.05, 0) is 38.3 Å². The monoisotopic (exact) mass is 219 g/mol. The molecule has 0 spiro atoms. The molecule has 2 rings (SSSR count). The molecule has 0 aromatic heterocycles. The third-order valence-electron chi connectivity index (χ3n) is 3.47. The molecule has 1 aromatic rings. The molecule has 1 saturated heterocycles. The normalized spacial score (nSPS) is 26.1. The molecule has 1 fully saturated rings. The van der Waals surface area contributed by atoms with Crippen molar-refractivity contribution < 1.29 is 5.11 Å². The third kappa shape index (κ3) is 3.06. The highest BCUT2D eigenvalue weighted by atomic mass is 16.3. The van der Waals surface area contributed by atoms with Gasteiger partial charge in [-0.2, -0.15) is 0 Å². The van der Waals surface area contributed by atoms with Gasteiger partial charge in [0.25, 0.3) is 0 Å². The van der Waals surface area contributed by atoms with Crippen molar-refractivity contribution in [2.45, 2.75) is 31.3 Å². The van der Waals surface area contributed by atoms with E-state index in [0.717, 1.165) is 38.8 Å². The second-order valence-corrected chi connectivity index (χ2v) is 5.05. The maximum Gasteiger partial charge on any atom is 0.0786 e. The molecule has 1 N–H and O–H groups in total. The number of β-amino-alcohol motifs (C(OH)–C–C–N with tert-alkyl or cyclic N) is 1. The number of likely N-dealkylation sites (N-methyl/N-ethyl adjacent to an activating group) is 1. The van der Waals surface area contributed by atoms with Gasteiger partial charge in [-0.1, -0.05) is 30.3 Å². The van der Waals surface area contributed by atoms with Gasteiger partial charge in [-0.15, -0.1) is 0 Å². The summed E-state index contributed by atoms with van der Waals surface area (Å²) in [5, 5.41) is 10.3. The van der Waals surface area contributed by atoms with Crippen LogP contribution in [0.2, 0.25) is 0 Å². The topological polar surface area (TPSA) is 23.5 Å². The minimum atomic E-state index is -0.427. The molecule has 1 unspecified atom stereocenters. The summed E-state index contributed by atoms with van der Waals surface area (Å²) in [5.74, 6) is 0. The maximum atomic E-state index is 10.3. The van der Waals surface area contributed by atoms with Crippen LogP contribution in [0.1, 0.15) is 24.8 Å². The highest BCUT2D eigenvalue weighted by Crippen LogP contribution is 2.25. The summed E-state index contributed by atoms with van der Waals surface area (Å²) in [5.41, 5.74) is 0.946. The first kappa shape index (κ1) is 11.6. The molecule has 1 aliphatic rings. The molecule has 0 saturated carbocycles.